The van der Waals surface area contributed by atoms with Crippen LogP contribution in [0.3, 0.4) is 0 Å². The molecule has 0 heterocycles. The molecule has 0 aliphatic carbocycles. The second kappa shape index (κ2) is 11.1. The fourth-order valence-electron chi connectivity index (χ4n) is 1.35. The number of rotatable bonds is 12. The molecule has 0 amide bonds. The van der Waals surface area contributed by atoms with E-state index in [1.54, 1.807) is 0 Å². The Labute approximate surface area is 111 Å². The molecule has 0 aliphatic heterocycles. The molecule has 0 fully saturated rings. The van der Waals surface area contributed by atoms with Gasteiger partial charge in [-0.3, -0.25) is 9.13 Å². The zero-order valence-corrected chi connectivity index (χ0v) is 13.0. The summed E-state index contributed by atoms with van der Waals surface area (Å²) in [7, 11) is -3.52. The van der Waals surface area contributed by atoms with Gasteiger partial charge in [-0.25, -0.2) is 0 Å². The molecule has 0 rings (SSSR count). The summed E-state index contributed by atoms with van der Waals surface area (Å²) in [5, 5.41) is 8.10. The predicted octanol–water partition coefficient (Wildman–Crippen LogP) is 3.81. The normalized spacial score (nSPS) is 13.9. The third-order valence-corrected chi connectivity index (χ3v) is 6.01. The number of hydrogen-bond acceptors (Lipinski definition) is 5. The average molecular weight is 298 g/mol. The molecule has 5 nitrogen and oxygen atoms in total. The molecule has 0 saturated carbocycles. The van der Waals surface area contributed by atoms with Crippen LogP contribution in [-0.4, -0.2) is 30.3 Å². The van der Waals surface area contributed by atoms with Gasteiger partial charge in [0.15, 0.2) is 8.46 Å². The molecule has 0 aromatic carbocycles. The summed E-state index contributed by atoms with van der Waals surface area (Å²) < 4.78 is 34.4. The van der Waals surface area contributed by atoms with Crippen molar-refractivity contribution in [3.8, 4) is 0 Å². The Hall–Kier alpha value is 0.210. The molecule has 0 spiro atoms. The maximum absolute atomic E-state index is 12.5. The number of aliphatic hydroxyl groups is 1. The van der Waals surface area contributed by atoms with E-state index in [0.29, 0.717) is 32.5 Å². The average Bonchev–Trinajstić information content (AvgIpc) is 2.39. The molecule has 0 bridgehead atoms. The van der Waals surface area contributed by atoms with E-state index < -0.39 is 13.0 Å². The van der Waals surface area contributed by atoms with Crippen LogP contribution in [0.4, 0.5) is 0 Å². The second-order valence-electron chi connectivity index (χ2n) is 4.01. The van der Waals surface area contributed by atoms with Crippen LogP contribution in [0, 0.1) is 0 Å². The van der Waals surface area contributed by atoms with Crippen LogP contribution < -0.4 is 0 Å². The van der Waals surface area contributed by atoms with E-state index in [2.05, 4.69) is 0 Å². The minimum absolute atomic E-state index is 0.0817. The van der Waals surface area contributed by atoms with E-state index in [-0.39, 0.29) is 15.1 Å². The summed E-state index contributed by atoms with van der Waals surface area (Å²) in [6.07, 6.45) is 3.20. The first-order valence-electron chi connectivity index (χ1n) is 6.46. The van der Waals surface area contributed by atoms with Crippen LogP contribution in [0.1, 0.15) is 46.0 Å². The minimum atomic E-state index is -3.31. The fraction of sp³-hybridized carbons (Fsp3) is 1.00. The Morgan fingerprint density at radius 2 is 1.72 bits per heavy atom. The molecule has 1 unspecified atom stereocenters. The Bertz CT molecular complexity index is 248. The van der Waals surface area contributed by atoms with Crippen molar-refractivity contribution in [3.63, 3.8) is 0 Å². The van der Waals surface area contributed by atoms with E-state index in [9.17, 15) is 9.13 Å². The quantitative estimate of drug-likeness (QED) is 0.438. The smallest absolute Gasteiger partial charge is 0.345 e. The van der Waals surface area contributed by atoms with E-state index in [1.165, 1.54) is 0 Å². The highest BCUT2D eigenvalue weighted by Crippen LogP contribution is 2.58. The number of hydrogen-bond donors (Lipinski definition) is 1. The van der Waals surface area contributed by atoms with E-state index in [4.69, 9.17) is 14.2 Å². The Balaban J connectivity index is 4.54. The standard InChI is InChI=1S/C11H24O5P2/c1-3-9-15-18(14,16-10-4-2)11(17-13)7-5-6-8-12/h11-12H,3-10H2,1-2H3. The zero-order chi connectivity index (χ0) is 13.9. The lowest BCUT2D eigenvalue weighted by molar-refractivity contribution is 0.200. The van der Waals surface area contributed by atoms with Gasteiger partial charge >= 0.3 is 7.60 Å². The van der Waals surface area contributed by atoms with Crippen molar-refractivity contribution >= 4 is 16.1 Å². The maximum Gasteiger partial charge on any atom is 0.345 e. The third-order valence-electron chi connectivity index (χ3n) is 2.31. The van der Waals surface area contributed by atoms with Crippen molar-refractivity contribution in [2.75, 3.05) is 19.8 Å². The first-order chi connectivity index (χ1) is 8.64. The topological polar surface area (TPSA) is 72.8 Å². The maximum atomic E-state index is 12.5. The van der Waals surface area contributed by atoms with Crippen LogP contribution >= 0.6 is 16.1 Å². The molecule has 1 N–H and O–H groups in total. The molecule has 108 valence electrons. The van der Waals surface area contributed by atoms with Crippen molar-refractivity contribution in [3.05, 3.63) is 0 Å². The summed E-state index contributed by atoms with van der Waals surface area (Å²) in [5.74, 6) is 0. The molecular weight excluding hydrogens is 274 g/mol. The van der Waals surface area contributed by atoms with Crippen LogP contribution in [-0.2, 0) is 18.2 Å². The van der Waals surface area contributed by atoms with Crippen molar-refractivity contribution in [2.24, 2.45) is 0 Å². The van der Waals surface area contributed by atoms with Crippen molar-refractivity contribution in [1.82, 2.24) is 0 Å². The molecule has 0 aliphatic rings. The van der Waals surface area contributed by atoms with Crippen LogP contribution in [0.25, 0.3) is 0 Å². The number of aliphatic hydroxyl groups excluding tert-OH is 1. The monoisotopic (exact) mass is 298 g/mol. The van der Waals surface area contributed by atoms with Gasteiger partial charge in [0, 0.05) is 6.61 Å². The Morgan fingerprint density at radius 3 is 2.11 bits per heavy atom. The first kappa shape index (κ1) is 18.2. The van der Waals surface area contributed by atoms with Crippen molar-refractivity contribution in [1.29, 1.82) is 0 Å². The SMILES string of the molecule is CCCOP(=O)(OCCC)C(CCCCO)P=O. The van der Waals surface area contributed by atoms with Crippen LogP contribution in [0.2, 0.25) is 0 Å². The Kier molecular flexibility index (Phi) is 11.2. The second-order valence-corrected chi connectivity index (χ2v) is 7.47. The van der Waals surface area contributed by atoms with E-state index in [1.807, 2.05) is 13.8 Å². The molecule has 0 saturated heterocycles. The van der Waals surface area contributed by atoms with Gasteiger partial charge in [-0.15, -0.1) is 0 Å². The van der Waals surface area contributed by atoms with E-state index in [0.717, 1.165) is 12.8 Å². The summed E-state index contributed by atoms with van der Waals surface area (Å²) in [6.45, 7) is 4.60. The number of unbranched alkanes of at least 4 members (excludes halogenated alkanes) is 1. The van der Waals surface area contributed by atoms with Crippen LogP contribution in [0.15, 0.2) is 0 Å². The highest BCUT2D eigenvalue weighted by Gasteiger charge is 2.36. The van der Waals surface area contributed by atoms with Crippen molar-refractivity contribution in [2.45, 2.75) is 51.4 Å². The zero-order valence-electron chi connectivity index (χ0n) is 11.2. The van der Waals surface area contributed by atoms with Gasteiger partial charge in [0.25, 0.3) is 0 Å². The summed E-state index contributed by atoms with van der Waals surface area (Å²) in [4.78, 5) is 0. The van der Waals surface area contributed by atoms with Crippen molar-refractivity contribution < 1.29 is 23.3 Å². The van der Waals surface area contributed by atoms with Gasteiger partial charge < -0.3 is 14.2 Å². The van der Waals surface area contributed by atoms with Gasteiger partial charge in [-0.2, -0.15) is 0 Å². The Morgan fingerprint density at radius 1 is 1.17 bits per heavy atom. The molecular formula is C11H24O5P2. The molecule has 7 heteroatoms. The van der Waals surface area contributed by atoms with Crippen LogP contribution in [0.5, 0.6) is 0 Å². The summed E-state index contributed by atoms with van der Waals surface area (Å²) in [5.41, 5.74) is 0. The highest BCUT2D eigenvalue weighted by atomic mass is 31.2. The largest absolute Gasteiger partial charge is 0.396 e. The lowest BCUT2D eigenvalue weighted by Crippen LogP contribution is -2.09. The molecule has 0 aromatic heterocycles. The molecule has 18 heavy (non-hydrogen) atoms. The van der Waals surface area contributed by atoms with Gasteiger partial charge in [0.2, 0.25) is 0 Å². The fourth-order valence-corrected chi connectivity index (χ4v) is 4.30. The van der Waals surface area contributed by atoms with Gasteiger partial charge in [-0.1, -0.05) is 13.8 Å². The van der Waals surface area contributed by atoms with Gasteiger partial charge in [-0.05, 0) is 32.1 Å². The summed E-state index contributed by atoms with van der Waals surface area (Å²) in [6, 6.07) is 0. The molecule has 1 atom stereocenters. The van der Waals surface area contributed by atoms with Gasteiger partial charge in [0.05, 0.1) is 13.2 Å². The van der Waals surface area contributed by atoms with Gasteiger partial charge in [0.1, 0.15) is 5.40 Å². The van der Waals surface area contributed by atoms with E-state index >= 15 is 0 Å². The summed E-state index contributed by atoms with van der Waals surface area (Å²) >= 11 is 0. The molecule has 0 aromatic rings. The highest BCUT2D eigenvalue weighted by molar-refractivity contribution is 7.63. The molecule has 0 radical (unpaired) electrons. The lowest BCUT2D eigenvalue weighted by atomic mass is 10.3. The minimum Gasteiger partial charge on any atom is -0.396 e. The predicted molar refractivity (Wildman–Crippen MR) is 72.4 cm³/mol. The first-order valence-corrected chi connectivity index (χ1v) is 8.96. The third kappa shape index (κ3) is 6.96. The lowest BCUT2D eigenvalue weighted by Gasteiger charge is -2.22.